The highest BCUT2D eigenvalue weighted by atomic mass is 35.5. The van der Waals surface area contributed by atoms with Gasteiger partial charge in [0.15, 0.2) is 0 Å². The highest BCUT2D eigenvalue weighted by molar-refractivity contribution is 6.30. The molecule has 124 valence electrons. The number of nitrogens with zero attached hydrogens (tertiary/aromatic N) is 1. The Balaban J connectivity index is 2.21. The summed E-state index contributed by atoms with van der Waals surface area (Å²) in [4.78, 5) is 12.4. The first-order chi connectivity index (χ1) is 11.5. The third-order valence-corrected chi connectivity index (χ3v) is 4.59. The van der Waals surface area contributed by atoms with E-state index in [1.54, 1.807) is 0 Å². The second-order valence-electron chi connectivity index (χ2n) is 5.80. The minimum absolute atomic E-state index is 0.0526. The van der Waals surface area contributed by atoms with Gasteiger partial charge >= 0.3 is 5.97 Å². The Morgan fingerprint density at radius 3 is 2.67 bits per heavy atom. The fraction of sp³-hybridized carbons (Fsp3) is 0.250. The SMILES string of the molecule is CCOC(=O)c1c(C)n(C(C)c2cccc(Cl)c2)c2ccccc12. The van der Waals surface area contributed by atoms with Crippen LogP contribution in [0.25, 0.3) is 10.9 Å². The van der Waals surface area contributed by atoms with Crippen LogP contribution in [0.2, 0.25) is 5.02 Å². The molecule has 2 aromatic carbocycles. The number of aromatic nitrogens is 1. The highest BCUT2D eigenvalue weighted by Gasteiger charge is 2.23. The van der Waals surface area contributed by atoms with Crippen LogP contribution in [0.3, 0.4) is 0 Å². The van der Waals surface area contributed by atoms with E-state index in [9.17, 15) is 4.79 Å². The Labute approximate surface area is 146 Å². The van der Waals surface area contributed by atoms with Crippen molar-refractivity contribution in [1.82, 2.24) is 4.57 Å². The van der Waals surface area contributed by atoms with Crippen LogP contribution in [-0.2, 0) is 4.74 Å². The minimum Gasteiger partial charge on any atom is -0.462 e. The molecule has 24 heavy (non-hydrogen) atoms. The molecule has 1 unspecified atom stereocenters. The first-order valence-electron chi connectivity index (χ1n) is 8.06. The van der Waals surface area contributed by atoms with Crippen LogP contribution >= 0.6 is 11.6 Å². The van der Waals surface area contributed by atoms with E-state index in [0.29, 0.717) is 17.2 Å². The van der Waals surface area contributed by atoms with Gasteiger partial charge in [-0.15, -0.1) is 0 Å². The van der Waals surface area contributed by atoms with Gasteiger partial charge in [-0.3, -0.25) is 0 Å². The second-order valence-corrected chi connectivity index (χ2v) is 6.24. The molecular formula is C20H20ClNO2. The normalized spacial score (nSPS) is 12.3. The molecule has 0 saturated heterocycles. The lowest BCUT2D eigenvalue weighted by atomic mass is 10.1. The molecule has 1 aromatic heterocycles. The van der Waals surface area contributed by atoms with Gasteiger partial charge in [0.25, 0.3) is 0 Å². The summed E-state index contributed by atoms with van der Waals surface area (Å²) in [6.07, 6.45) is 0. The number of hydrogen-bond donors (Lipinski definition) is 0. The predicted molar refractivity (Wildman–Crippen MR) is 97.9 cm³/mol. The standard InChI is InChI=1S/C20H20ClNO2/c1-4-24-20(23)19-14(3)22(18-11-6-5-10-17(18)19)13(2)15-8-7-9-16(21)12-15/h5-13H,4H2,1-3H3. The van der Waals surface area contributed by atoms with Crippen molar-refractivity contribution >= 4 is 28.5 Å². The van der Waals surface area contributed by atoms with Crippen molar-refractivity contribution in [1.29, 1.82) is 0 Å². The van der Waals surface area contributed by atoms with Crippen molar-refractivity contribution in [3.63, 3.8) is 0 Å². The van der Waals surface area contributed by atoms with Gasteiger partial charge in [0, 0.05) is 21.6 Å². The molecule has 0 fully saturated rings. The number of para-hydroxylation sites is 1. The molecule has 0 saturated carbocycles. The Morgan fingerprint density at radius 2 is 1.96 bits per heavy atom. The molecule has 0 radical (unpaired) electrons. The van der Waals surface area contributed by atoms with Crippen LogP contribution in [0.5, 0.6) is 0 Å². The van der Waals surface area contributed by atoms with Gasteiger partial charge in [-0.2, -0.15) is 0 Å². The fourth-order valence-electron chi connectivity index (χ4n) is 3.27. The van der Waals surface area contributed by atoms with Gasteiger partial charge in [0.05, 0.1) is 18.2 Å². The van der Waals surface area contributed by atoms with Gasteiger partial charge in [-0.25, -0.2) is 4.79 Å². The largest absolute Gasteiger partial charge is 0.462 e. The van der Waals surface area contributed by atoms with Crippen molar-refractivity contribution < 1.29 is 9.53 Å². The first-order valence-corrected chi connectivity index (χ1v) is 8.44. The number of halogens is 1. The van der Waals surface area contributed by atoms with Crippen LogP contribution in [0.15, 0.2) is 48.5 Å². The molecule has 1 heterocycles. The maximum absolute atomic E-state index is 12.4. The van der Waals surface area contributed by atoms with Gasteiger partial charge in [-0.1, -0.05) is 41.9 Å². The molecule has 1 atom stereocenters. The number of esters is 1. The van der Waals surface area contributed by atoms with Crippen molar-refractivity contribution in [2.75, 3.05) is 6.61 Å². The topological polar surface area (TPSA) is 31.2 Å². The molecule has 0 aliphatic carbocycles. The summed E-state index contributed by atoms with van der Waals surface area (Å²) in [5, 5.41) is 1.63. The molecule has 0 amide bonds. The van der Waals surface area contributed by atoms with Crippen LogP contribution < -0.4 is 0 Å². The lowest BCUT2D eigenvalue weighted by Gasteiger charge is -2.18. The Morgan fingerprint density at radius 1 is 1.21 bits per heavy atom. The molecule has 0 aliphatic rings. The zero-order valence-corrected chi connectivity index (χ0v) is 14.8. The van der Waals surface area contributed by atoms with Gasteiger partial charge in [0.1, 0.15) is 0 Å². The smallest absolute Gasteiger partial charge is 0.340 e. The van der Waals surface area contributed by atoms with E-state index in [1.165, 1.54) is 0 Å². The van der Waals surface area contributed by atoms with Gasteiger partial charge < -0.3 is 9.30 Å². The number of carbonyl (C=O) groups excluding carboxylic acids is 1. The Hall–Kier alpha value is -2.26. The summed E-state index contributed by atoms with van der Waals surface area (Å²) in [6, 6.07) is 15.8. The lowest BCUT2D eigenvalue weighted by molar-refractivity contribution is 0.0527. The summed E-state index contributed by atoms with van der Waals surface area (Å²) in [5.41, 5.74) is 3.66. The monoisotopic (exact) mass is 341 g/mol. The number of benzene rings is 2. The molecule has 3 rings (SSSR count). The summed E-state index contributed by atoms with van der Waals surface area (Å²) < 4.78 is 7.44. The van der Waals surface area contributed by atoms with E-state index >= 15 is 0 Å². The predicted octanol–water partition coefficient (Wildman–Crippen LogP) is 5.39. The van der Waals surface area contributed by atoms with E-state index in [0.717, 1.165) is 22.2 Å². The molecule has 3 aromatic rings. The van der Waals surface area contributed by atoms with E-state index < -0.39 is 0 Å². The number of ether oxygens (including phenoxy) is 1. The van der Waals surface area contributed by atoms with Gasteiger partial charge in [0.2, 0.25) is 0 Å². The Kier molecular flexibility index (Phi) is 4.63. The number of hydrogen-bond acceptors (Lipinski definition) is 2. The van der Waals surface area contributed by atoms with E-state index in [4.69, 9.17) is 16.3 Å². The molecule has 0 aliphatic heterocycles. The van der Waals surface area contributed by atoms with Crippen LogP contribution in [0, 0.1) is 6.92 Å². The summed E-state index contributed by atoms with van der Waals surface area (Å²) >= 11 is 6.15. The highest BCUT2D eigenvalue weighted by Crippen LogP contribution is 2.32. The van der Waals surface area contributed by atoms with Crippen LogP contribution in [0.4, 0.5) is 0 Å². The van der Waals surface area contributed by atoms with Crippen molar-refractivity contribution in [3.05, 3.63) is 70.4 Å². The van der Waals surface area contributed by atoms with Crippen molar-refractivity contribution in [2.24, 2.45) is 0 Å². The van der Waals surface area contributed by atoms with Crippen molar-refractivity contribution in [3.8, 4) is 0 Å². The van der Waals surface area contributed by atoms with E-state index in [1.807, 2.05) is 56.3 Å². The molecule has 0 spiro atoms. The van der Waals surface area contributed by atoms with Crippen LogP contribution in [-0.4, -0.2) is 17.1 Å². The molecule has 4 heteroatoms. The molecular weight excluding hydrogens is 322 g/mol. The third-order valence-electron chi connectivity index (χ3n) is 4.35. The summed E-state index contributed by atoms with van der Waals surface area (Å²) in [5.74, 6) is -0.275. The first kappa shape index (κ1) is 16.6. The number of fused-ring (bicyclic) bond motifs is 1. The average Bonchev–Trinajstić information content (AvgIpc) is 2.86. The zero-order chi connectivity index (χ0) is 17.3. The molecule has 3 nitrogen and oxygen atoms in total. The lowest BCUT2D eigenvalue weighted by Crippen LogP contribution is -2.11. The van der Waals surface area contributed by atoms with E-state index in [2.05, 4.69) is 17.6 Å². The summed E-state index contributed by atoms with van der Waals surface area (Å²) in [7, 11) is 0. The second kappa shape index (κ2) is 6.70. The van der Waals surface area contributed by atoms with Crippen LogP contribution in [0.1, 0.15) is 41.5 Å². The van der Waals surface area contributed by atoms with Gasteiger partial charge in [-0.05, 0) is 44.5 Å². The third kappa shape index (κ3) is 2.80. The molecule has 0 bridgehead atoms. The maximum Gasteiger partial charge on any atom is 0.340 e. The fourth-order valence-corrected chi connectivity index (χ4v) is 3.47. The summed E-state index contributed by atoms with van der Waals surface area (Å²) in [6.45, 7) is 6.26. The molecule has 0 N–H and O–H groups in total. The average molecular weight is 342 g/mol. The zero-order valence-electron chi connectivity index (χ0n) is 14.0. The van der Waals surface area contributed by atoms with Crippen molar-refractivity contribution in [2.45, 2.75) is 26.8 Å². The maximum atomic E-state index is 12.4. The van der Waals surface area contributed by atoms with E-state index in [-0.39, 0.29) is 12.0 Å². The Bertz CT molecular complexity index is 898. The number of rotatable bonds is 4. The quantitative estimate of drug-likeness (QED) is 0.596. The minimum atomic E-state index is -0.275. The number of carbonyl (C=O) groups is 1.